The van der Waals surface area contributed by atoms with Gasteiger partial charge in [-0.1, -0.05) is 30.3 Å². The maximum absolute atomic E-state index is 4.64. The summed E-state index contributed by atoms with van der Waals surface area (Å²) in [5, 5.41) is 0. The number of nitrogens with zero attached hydrogens (tertiary/aromatic N) is 2. The number of aryl methyl sites for hydroxylation is 1. The van der Waals surface area contributed by atoms with Crippen molar-refractivity contribution in [1.29, 1.82) is 0 Å². The second-order valence-electron chi connectivity index (χ2n) is 4.03. The number of benzene rings is 1. The average molecular weight is 224 g/mol. The third-order valence-electron chi connectivity index (χ3n) is 2.88. The van der Waals surface area contributed by atoms with Gasteiger partial charge in [0.25, 0.3) is 0 Å². The molecule has 1 aromatic heterocycles. The van der Waals surface area contributed by atoms with E-state index in [1.807, 2.05) is 37.3 Å². The number of pyridine rings is 1. The zero-order valence-electron chi connectivity index (χ0n) is 10.4. The third kappa shape index (κ3) is 2.41. The van der Waals surface area contributed by atoms with Gasteiger partial charge in [-0.25, -0.2) is 4.98 Å². The Kier molecular flexibility index (Phi) is 3.33. The molecule has 2 rings (SSSR count). The molecule has 0 N–H and O–H groups in total. The van der Waals surface area contributed by atoms with Gasteiger partial charge in [-0.15, -0.1) is 0 Å². The van der Waals surface area contributed by atoms with Crippen molar-refractivity contribution in [1.82, 2.24) is 4.98 Å². The molecule has 1 aromatic carbocycles. The van der Waals surface area contributed by atoms with Crippen molar-refractivity contribution in [2.75, 3.05) is 7.05 Å². The van der Waals surface area contributed by atoms with Crippen LogP contribution in [0.1, 0.15) is 18.2 Å². The van der Waals surface area contributed by atoms with Crippen molar-refractivity contribution in [2.24, 2.45) is 4.99 Å². The molecule has 0 fully saturated rings. The Bertz CT molecular complexity index is 556. The van der Waals surface area contributed by atoms with Crippen LogP contribution in [0, 0.1) is 6.92 Å². The van der Waals surface area contributed by atoms with Gasteiger partial charge in [0.05, 0.1) is 17.1 Å². The Morgan fingerprint density at radius 3 is 2.53 bits per heavy atom. The van der Waals surface area contributed by atoms with Gasteiger partial charge >= 0.3 is 0 Å². The number of aromatic nitrogens is 1. The first-order valence-electron chi connectivity index (χ1n) is 5.69. The molecule has 0 amide bonds. The highest BCUT2D eigenvalue weighted by Gasteiger charge is 2.04. The molecule has 0 bridgehead atoms. The Morgan fingerprint density at radius 1 is 1.06 bits per heavy atom. The molecule has 0 atom stereocenters. The lowest BCUT2D eigenvalue weighted by atomic mass is 10.0. The molecular formula is C15H16N2. The fraction of sp³-hybridized carbons (Fsp3) is 0.200. The van der Waals surface area contributed by atoms with Crippen LogP contribution in [-0.2, 0) is 0 Å². The summed E-state index contributed by atoms with van der Waals surface area (Å²) in [5.41, 5.74) is 5.32. The van der Waals surface area contributed by atoms with Crippen LogP contribution in [0.3, 0.4) is 0 Å². The molecule has 0 aliphatic rings. The van der Waals surface area contributed by atoms with E-state index in [9.17, 15) is 0 Å². The zero-order valence-corrected chi connectivity index (χ0v) is 10.4. The van der Waals surface area contributed by atoms with Crippen molar-refractivity contribution in [3.05, 3.63) is 53.7 Å². The molecule has 0 saturated carbocycles. The number of hydrogen-bond donors (Lipinski definition) is 0. The number of rotatable bonds is 2. The molecule has 0 aliphatic heterocycles. The van der Waals surface area contributed by atoms with E-state index in [4.69, 9.17) is 0 Å². The first-order chi connectivity index (χ1) is 8.22. The van der Waals surface area contributed by atoms with Crippen LogP contribution < -0.4 is 0 Å². The van der Waals surface area contributed by atoms with Crippen molar-refractivity contribution in [3.63, 3.8) is 0 Å². The van der Waals surface area contributed by atoms with Crippen LogP contribution in [0.25, 0.3) is 11.3 Å². The molecule has 86 valence electrons. The summed E-state index contributed by atoms with van der Waals surface area (Å²) in [6, 6.07) is 14.3. The highest BCUT2D eigenvalue weighted by Crippen LogP contribution is 2.21. The lowest BCUT2D eigenvalue weighted by Crippen LogP contribution is -1.99. The second kappa shape index (κ2) is 4.91. The predicted molar refractivity (Wildman–Crippen MR) is 72.5 cm³/mol. The lowest BCUT2D eigenvalue weighted by Gasteiger charge is -2.06. The molecule has 2 aromatic rings. The monoisotopic (exact) mass is 224 g/mol. The van der Waals surface area contributed by atoms with E-state index in [1.165, 1.54) is 11.1 Å². The number of hydrogen-bond acceptors (Lipinski definition) is 2. The summed E-state index contributed by atoms with van der Waals surface area (Å²) >= 11 is 0. The van der Waals surface area contributed by atoms with Crippen molar-refractivity contribution in [2.45, 2.75) is 13.8 Å². The SMILES string of the molecule is C/N=C(/C)c1cccc(-c2ccccc2C)n1. The minimum Gasteiger partial charge on any atom is -0.291 e. The van der Waals surface area contributed by atoms with Crippen LogP contribution in [0.2, 0.25) is 0 Å². The van der Waals surface area contributed by atoms with E-state index >= 15 is 0 Å². The maximum atomic E-state index is 4.64. The number of aliphatic imine (C=N–C) groups is 1. The molecule has 0 spiro atoms. The molecule has 1 heterocycles. The lowest BCUT2D eigenvalue weighted by molar-refractivity contribution is 1.26. The Morgan fingerprint density at radius 2 is 1.82 bits per heavy atom. The van der Waals surface area contributed by atoms with Crippen LogP contribution in [-0.4, -0.2) is 17.7 Å². The second-order valence-corrected chi connectivity index (χ2v) is 4.03. The van der Waals surface area contributed by atoms with E-state index in [1.54, 1.807) is 7.05 Å². The van der Waals surface area contributed by atoms with E-state index in [0.717, 1.165) is 17.1 Å². The summed E-state index contributed by atoms with van der Waals surface area (Å²) in [4.78, 5) is 8.81. The normalized spacial score (nSPS) is 11.6. The Labute approximate surface area is 102 Å². The minimum absolute atomic E-state index is 0.938. The van der Waals surface area contributed by atoms with E-state index < -0.39 is 0 Å². The highest BCUT2D eigenvalue weighted by atomic mass is 14.8. The van der Waals surface area contributed by atoms with Crippen LogP contribution >= 0.6 is 0 Å². The molecule has 2 nitrogen and oxygen atoms in total. The van der Waals surface area contributed by atoms with Crippen LogP contribution in [0.5, 0.6) is 0 Å². The van der Waals surface area contributed by atoms with Crippen molar-refractivity contribution < 1.29 is 0 Å². The summed E-state index contributed by atoms with van der Waals surface area (Å²) in [7, 11) is 1.79. The Balaban J connectivity index is 2.51. The topological polar surface area (TPSA) is 25.2 Å². The first-order valence-corrected chi connectivity index (χ1v) is 5.69. The van der Waals surface area contributed by atoms with E-state index in [0.29, 0.717) is 0 Å². The van der Waals surface area contributed by atoms with Gasteiger partial charge < -0.3 is 0 Å². The average Bonchev–Trinajstić information content (AvgIpc) is 2.38. The van der Waals surface area contributed by atoms with Gasteiger partial charge in [-0.05, 0) is 31.5 Å². The Hall–Kier alpha value is -1.96. The van der Waals surface area contributed by atoms with E-state index in [-0.39, 0.29) is 0 Å². The standard InChI is InChI=1S/C15H16N2/c1-11-7-4-5-8-13(11)15-10-6-9-14(17-15)12(2)16-3/h4-10H,1-3H3/b16-12-. The first kappa shape index (κ1) is 11.5. The van der Waals surface area contributed by atoms with E-state index in [2.05, 4.69) is 29.0 Å². The van der Waals surface area contributed by atoms with Gasteiger partial charge in [0.1, 0.15) is 0 Å². The summed E-state index contributed by atoms with van der Waals surface area (Å²) in [6.07, 6.45) is 0. The molecule has 2 heteroatoms. The van der Waals surface area contributed by atoms with Gasteiger partial charge in [0, 0.05) is 12.6 Å². The molecule has 0 radical (unpaired) electrons. The summed E-state index contributed by atoms with van der Waals surface area (Å²) < 4.78 is 0. The predicted octanol–water partition coefficient (Wildman–Crippen LogP) is 3.50. The van der Waals surface area contributed by atoms with Crippen molar-refractivity contribution in [3.8, 4) is 11.3 Å². The zero-order chi connectivity index (χ0) is 12.3. The highest BCUT2D eigenvalue weighted by molar-refractivity contribution is 5.97. The summed E-state index contributed by atoms with van der Waals surface area (Å²) in [5.74, 6) is 0. The van der Waals surface area contributed by atoms with Gasteiger partial charge in [0.2, 0.25) is 0 Å². The van der Waals surface area contributed by atoms with Gasteiger partial charge in [0.15, 0.2) is 0 Å². The quantitative estimate of drug-likeness (QED) is 0.717. The molecular weight excluding hydrogens is 208 g/mol. The fourth-order valence-electron chi connectivity index (χ4n) is 1.76. The third-order valence-corrected chi connectivity index (χ3v) is 2.88. The molecule has 0 unspecified atom stereocenters. The smallest absolute Gasteiger partial charge is 0.0844 e. The van der Waals surface area contributed by atoms with Crippen molar-refractivity contribution >= 4 is 5.71 Å². The van der Waals surface area contributed by atoms with Crippen LogP contribution in [0.4, 0.5) is 0 Å². The van der Waals surface area contributed by atoms with Crippen LogP contribution in [0.15, 0.2) is 47.5 Å². The van der Waals surface area contributed by atoms with Gasteiger partial charge in [-0.2, -0.15) is 0 Å². The maximum Gasteiger partial charge on any atom is 0.0844 e. The summed E-state index contributed by atoms with van der Waals surface area (Å²) in [6.45, 7) is 4.08. The largest absolute Gasteiger partial charge is 0.291 e. The van der Waals surface area contributed by atoms with Gasteiger partial charge in [-0.3, -0.25) is 4.99 Å². The minimum atomic E-state index is 0.938. The fourth-order valence-corrected chi connectivity index (χ4v) is 1.76. The molecule has 0 saturated heterocycles. The molecule has 17 heavy (non-hydrogen) atoms. The molecule has 0 aliphatic carbocycles.